The van der Waals surface area contributed by atoms with Gasteiger partial charge in [0.15, 0.2) is 0 Å². The van der Waals surface area contributed by atoms with Gasteiger partial charge < -0.3 is 15.0 Å². The van der Waals surface area contributed by atoms with Crippen LogP contribution in [0, 0.1) is 0 Å². The van der Waals surface area contributed by atoms with E-state index in [2.05, 4.69) is 5.32 Å². The molecule has 0 aliphatic heterocycles. The Morgan fingerprint density at radius 3 is 2.26 bits per heavy atom. The topological polar surface area (TPSA) is 96.0 Å². The summed E-state index contributed by atoms with van der Waals surface area (Å²) in [6.45, 7) is 2.61. The lowest BCUT2D eigenvalue weighted by Crippen LogP contribution is -2.52. The van der Waals surface area contributed by atoms with Crippen molar-refractivity contribution in [1.82, 2.24) is 10.2 Å². The summed E-state index contributed by atoms with van der Waals surface area (Å²) in [5, 5.41) is 3.99. The molecule has 0 saturated heterocycles. The number of halogens is 2. The number of nitrogens with one attached hydrogen (secondary N) is 1. The van der Waals surface area contributed by atoms with Crippen LogP contribution in [0.25, 0.3) is 0 Å². The number of hydrogen-bond donors (Lipinski definition) is 1. The van der Waals surface area contributed by atoms with E-state index in [0.29, 0.717) is 34.5 Å². The van der Waals surface area contributed by atoms with Crippen molar-refractivity contribution in [3.8, 4) is 5.75 Å². The second-order valence-corrected chi connectivity index (χ2v) is 14.4. The minimum atomic E-state index is -3.63. The van der Waals surface area contributed by atoms with Gasteiger partial charge in [-0.2, -0.15) is 0 Å². The standard InChI is InChI=1S/C35H43Cl2N3O5S/c1-3-45-30-19-17-29(18-20-30)40(46(2,43)44)22-10-15-34(41)39(25-27-16-21-31(36)32(37)23-27)33(24-26-11-6-4-7-12-26)35(42)38-28-13-8-5-9-14-28/h4,6-7,11-12,16-21,23,28,33H,3,5,8-10,13-15,22,24-25H2,1-2H3,(H,38,42)/t33-/m1/s1. The fraction of sp³-hybridized carbons (Fsp3) is 0.429. The van der Waals surface area contributed by atoms with E-state index < -0.39 is 16.1 Å². The highest BCUT2D eigenvalue weighted by Crippen LogP contribution is 2.26. The molecule has 0 spiro atoms. The largest absolute Gasteiger partial charge is 0.494 e. The van der Waals surface area contributed by atoms with Crippen molar-refractivity contribution < 1.29 is 22.7 Å². The Morgan fingerprint density at radius 1 is 0.935 bits per heavy atom. The SMILES string of the molecule is CCOc1ccc(N(CCCC(=O)N(Cc2ccc(Cl)c(Cl)c2)[C@H](Cc2ccccc2)C(=O)NC2CCCCC2)S(C)(=O)=O)cc1. The monoisotopic (exact) mass is 687 g/mol. The van der Waals surface area contributed by atoms with Crippen molar-refractivity contribution in [2.75, 3.05) is 23.7 Å². The second kappa shape index (κ2) is 17.0. The maximum Gasteiger partial charge on any atom is 0.243 e. The maximum absolute atomic E-state index is 14.1. The van der Waals surface area contributed by atoms with Gasteiger partial charge in [-0.05, 0) is 73.7 Å². The van der Waals surface area contributed by atoms with E-state index in [4.69, 9.17) is 27.9 Å². The van der Waals surface area contributed by atoms with Crippen molar-refractivity contribution in [2.45, 2.75) is 76.9 Å². The summed E-state index contributed by atoms with van der Waals surface area (Å²) in [7, 11) is -3.63. The number of sulfonamides is 1. The maximum atomic E-state index is 14.1. The molecule has 1 fully saturated rings. The van der Waals surface area contributed by atoms with Gasteiger partial charge in [-0.3, -0.25) is 13.9 Å². The van der Waals surface area contributed by atoms with E-state index in [0.717, 1.165) is 49.5 Å². The molecular weight excluding hydrogens is 645 g/mol. The number of anilines is 1. The Morgan fingerprint density at radius 2 is 1.63 bits per heavy atom. The summed E-state index contributed by atoms with van der Waals surface area (Å²) >= 11 is 12.5. The van der Waals surface area contributed by atoms with Crippen LogP contribution in [0.4, 0.5) is 5.69 Å². The molecule has 3 aromatic rings. The number of carbonyl (C=O) groups excluding carboxylic acids is 2. The molecule has 3 aromatic carbocycles. The summed E-state index contributed by atoms with van der Waals surface area (Å²) in [5.41, 5.74) is 2.15. The van der Waals surface area contributed by atoms with Crippen LogP contribution in [-0.2, 0) is 32.6 Å². The second-order valence-electron chi connectivity index (χ2n) is 11.7. The Hall–Kier alpha value is -3.27. The third kappa shape index (κ3) is 10.4. The van der Waals surface area contributed by atoms with E-state index in [1.165, 1.54) is 4.31 Å². The third-order valence-corrected chi connectivity index (χ3v) is 10.1. The molecular formula is C35H43Cl2N3O5S. The zero-order valence-corrected chi connectivity index (χ0v) is 28.8. The van der Waals surface area contributed by atoms with Gasteiger partial charge in [-0.15, -0.1) is 0 Å². The molecule has 2 amide bonds. The molecule has 0 bridgehead atoms. The van der Waals surface area contributed by atoms with Crippen LogP contribution < -0.4 is 14.4 Å². The van der Waals surface area contributed by atoms with Crippen LogP contribution in [0.1, 0.15) is 63.0 Å². The smallest absolute Gasteiger partial charge is 0.243 e. The van der Waals surface area contributed by atoms with Gasteiger partial charge in [0.1, 0.15) is 11.8 Å². The first-order valence-electron chi connectivity index (χ1n) is 15.8. The van der Waals surface area contributed by atoms with E-state index in [-0.39, 0.29) is 43.8 Å². The predicted octanol–water partition coefficient (Wildman–Crippen LogP) is 7.03. The van der Waals surface area contributed by atoms with Crippen molar-refractivity contribution in [1.29, 1.82) is 0 Å². The average Bonchev–Trinajstić information content (AvgIpc) is 3.03. The highest BCUT2D eigenvalue weighted by Gasteiger charge is 2.32. The molecule has 0 aromatic heterocycles. The van der Waals surface area contributed by atoms with Crippen LogP contribution >= 0.6 is 23.2 Å². The molecule has 1 atom stereocenters. The number of rotatable bonds is 15. The minimum Gasteiger partial charge on any atom is -0.494 e. The van der Waals surface area contributed by atoms with Gasteiger partial charge >= 0.3 is 0 Å². The molecule has 8 nitrogen and oxygen atoms in total. The Balaban J connectivity index is 1.59. The summed E-state index contributed by atoms with van der Waals surface area (Å²) in [6.07, 6.45) is 6.86. The van der Waals surface area contributed by atoms with Crippen molar-refractivity contribution in [3.63, 3.8) is 0 Å². The van der Waals surface area contributed by atoms with Crippen LogP contribution in [0.2, 0.25) is 10.0 Å². The lowest BCUT2D eigenvalue weighted by atomic mass is 9.94. The number of amides is 2. The summed E-state index contributed by atoms with van der Waals surface area (Å²) in [5.74, 6) is 0.186. The highest BCUT2D eigenvalue weighted by atomic mass is 35.5. The zero-order chi connectivity index (χ0) is 33.1. The van der Waals surface area contributed by atoms with Crippen LogP contribution in [0.5, 0.6) is 5.75 Å². The van der Waals surface area contributed by atoms with E-state index in [1.807, 2.05) is 37.3 Å². The van der Waals surface area contributed by atoms with Gasteiger partial charge in [-0.25, -0.2) is 8.42 Å². The highest BCUT2D eigenvalue weighted by molar-refractivity contribution is 7.92. The van der Waals surface area contributed by atoms with Crippen molar-refractivity contribution in [3.05, 3.63) is 94.0 Å². The zero-order valence-electron chi connectivity index (χ0n) is 26.5. The van der Waals surface area contributed by atoms with Gasteiger partial charge in [0.05, 0.1) is 28.6 Å². The predicted molar refractivity (Wildman–Crippen MR) is 185 cm³/mol. The fourth-order valence-electron chi connectivity index (χ4n) is 5.81. The van der Waals surface area contributed by atoms with Crippen molar-refractivity contribution in [2.24, 2.45) is 0 Å². The molecule has 1 N–H and O–H groups in total. The molecule has 1 saturated carbocycles. The molecule has 248 valence electrons. The molecule has 11 heteroatoms. The Bertz CT molecular complexity index is 1550. The number of hydrogen-bond acceptors (Lipinski definition) is 5. The van der Waals surface area contributed by atoms with Gasteiger partial charge in [-0.1, -0.05) is 78.9 Å². The number of nitrogens with zero attached hydrogens (tertiary/aromatic N) is 2. The first-order chi connectivity index (χ1) is 22.0. The van der Waals surface area contributed by atoms with Crippen LogP contribution in [0.3, 0.4) is 0 Å². The first kappa shape index (κ1) is 35.6. The van der Waals surface area contributed by atoms with Gasteiger partial charge in [0.2, 0.25) is 21.8 Å². The van der Waals surface area contributed by atoms with Gasteiger partial charge in [0.25, 0.3) is 0 Å². The van der Waals surface area contributed by atoms with E-state index in [1.54, 1.807) is 47.4 Å². The summed E-state index contributed by atoms with van der Waals surface area (Å²) < 4.78 is 32.3. The molecule has 4 rings (SSSR count). The summed E-state index contributed by atoms with van der Waals surface area (Å²) in [4.78, 5) is 29.7. The first-order valence-corrected chi connectivity index (χ1v) is 18.4. The quantitative estimate of drug-likeness (QED) is 0.185. The average molecular weight is 689 g/mol. The molecule has 1 aliphatic carbocycles. The third-order valence-electron chi connectivity index (χ3n) is 8.15. The fourth-order valence-corrected chi connectivity index (χ4v) is 7.10. The van der Waals surface area contributed by atoms with E-state index >= 15 is 0 Å². The van der Waals surface area contributed by atoms with Crippen molar-refractivity contribution >= 4 is 50.7 Å². The number of carbonyl (C=O) groups is 2. The molecule has 1 aliphatic rings. The Labute approximate surface area is 283 Å². The van der Waals surface area contributed by atoms with Gasteiger partial charge in [0, 0.05) is 32.0 Å². The van der Waals surface area contributed by atoms with E-state index in [9.17, 15) is 18.0 Å². The molecule has 0 heterocycles. The summed E-state index contributed by atoms with van der Waals surface area (Å²) in [6, 6.07) is 20.9. The molecule has 46 heavy (non-hydrogen) atoms. The normalized spacial score (nSPS) is 14.3. The lowest BCUT2D eigenvalue weighted by Gasteiger charge is -2.34. The number of ether oxygens (including phenoxy) is 1. The van der Waals surface area contributed by atoms with Crippen LogP contribution in [-0.4, -0.2) is 56.6 Å². The minimum absolute atomic E-state index is 0.0341. The lowest BCUT2D eigenvalue weighted by molar-refractivity contribution is -0.141. The molecule has 0 unspecified atom stereocenters. The Kier molecular flexibility index (Phi) is 13.2. The molecule has 0 radical (unpaired) electrons. The number of benzene rings is 3. The van der Waals surface area contributed by atoms with Crippen LogP contribution in [0.15, 0.2) is 72.8 Å².